The molecule has 0 spiro atoms. The molecule has 7 nitrogen and oxygen atoms in total. The lowest BCUT2D eigenvalue weighted by molar-refractivity contribution is 0.0654. The fourth-order valence-electron chi connectivity index (χ4n) is 2.93. The number of hydrogen-bond donors (Lipinski definition) is 2. The standard InChI is InChI=1S/C17H25N3O4S.ClH/c1-12(2)10-13(11-18)19-25(23,24)9-5-8-20-16(21)14-6-3-4-7-15(14)17(20)22;/h3-4,6-7,12-13,19H,5,8-11,18H2,1-2H3;1H. The summed E-state index contributed by atoms with van der Waals surface area (Å²) in [7, 11) is -3.51. The van der Waals surface area contributed by atoms with Gasteiger partial charge in [-0.25, -0.2) is 13.1 Å². The van der Waals surface area contributed by atoms with E-state index in [1.54, 1.807) is 24.3 Å². The van der Waals surface area contributed by atoms with Gasteiger partial charge in [0.05, 0.1) is 16.9 Å². The summed E-state index contributed by atoms with van der Waals surface area (Å²) in [6.07, 6.45) is 0.841. The molecule has 1 aliphatic rings. The first kappa shape index (κ1) is 22.6. The molecule has 0 saturated heterocycles. The van der Waals surface area contributed by atoms with Gasteiger partial charge in [-0.05, 0) is 30.9 Å². The lowest BCUT2D eigenvalue weighted by Crippen LogP contribution is -2.42. The monoisotopic (exact) mass is 403 g/mol. The van der Waals surface area contributed by atoms with Crippen LogP contribution in [0.1, 0.15) is 47.4 Å². The van der Waals surface area contributed by atoms with Crippen molar-refractivity contribution >= 4 is 34.2 Å². The number of nitrogens with one attached hydrogen (secondary N) is 1. The van der Waals surface area contributed by atoms with Crippen molar-refractivity contribution in [2.24, 2.45) is 11.7 Å². The Morgan fingerprint density at radius 2 is 1.65 bits per heavy atom. The van der Waals surface area contributed by atoms with Crippen molar-refractivity contribution in [1.82, 2.24) is 9.62 Å². The molecule has 0 saturated carbocycles. The number of benzene rings is 1. The summed E-state index contributed by atoms with van der Waals surface area (Å²) in [6, 6.07) is 6.30. The van der Waals surface area contributed by atoms with Gasteiger partial charge in [-0.2, -0.15) is 0 Å². The Kier molecular flexibility index (Phi) is 8.20. The van der Waals surface area contributed by atoms with E-state index in [9.17, 15) is 18.0 Å². The van der Waals surface area contributed by atoms with Crippen molar-refractivity contribution in [3.63, 3.8) is 0 Å². The summed E-state index contributed by atoms with van der Waals surface area (Å²) >= 11 is 0. The minimum absolute atomic E-state index is 0. The molecule has 1 unspecified atom stereocenters. The second-order valence-corrected chi connectivity index (χ2v) is 8.53. The molecule has 146 valence electrons. The van der Waals surface area contributed by atoms with Crippen molar-refractivity contribution in [3.8, 4) is 0 Å². The van der Waals surface area contributed by atoms with Gasteiger partial charge in [0.1, 0.15) is 0 Å². The predicted molar refractivity (Wildman–Crippen MR) is 103 cm³/mol. The van der Waals surface area contributed by atoms with Crippen LogP contribution < -0.4 is 10.5 Å². The average molecular weight is 404 g/mol. The maximum absolute atomic E-state index is 12.2. The Morgan fingerprint density at radius 3 is 2.12 bits per heavy atom. The van der Waals surface area contributed by atoms with Crippen LogP contribution in [0.2, 0.25) is 0 Å². The molecule has 1 aromatic rings. The average Bonchev–Trinajstić information content (AvgIpc) is 2.79. The van der Waals surface area contributed by atoms with Crippen LogP contribution in [0.25, 0.3) is 0 Å². The van der Waals surface area contributed by atoms with Crippen LogP contribution in [0.5, 0.6) is 0 Å². The van der Waals surface area contributed by atoms with Gasteiger partial charge in [-0.15, -0.1) is 12.4 Å². The van der Waals surface area contributed by atoms with E-state index in [4.69, 9.17) is 5.73 Å². The molecule has 0 fully saturated rings. The van der Waals surface area contributed by atoms with E-state index < -0.39 is 10.0 Å². The van der Waals surface area contributed by atoms with Crippen LogP contribution in [0.15, 0.2) is 24.3 Å². The lowest BCUT2D eigenvalue weighted by Gasteiger charge is -2.19. The zero-order valence-corrected chi connectivity index (χ0v) is 16.6. The maximum Gasteiger partial charge on any atom is 0.261 e. The number of halogens is 1. The number of amides is 2. The van der Waals surface area contributed by atoms with Gasteiger partial charge in [-0.1, -0.05) is 26.0 Å². The van der Waals surface area contributed by atoms with Gasteiger partial charge >= 0.3 is 0 Å². The first-order valence-electron chi connectivity index (χ1n) is 8.40. The third kappa shape index (κ3) is 5.51. The second kappa shape index (κ2) is 9.45. The van der Waals surface area contributed by atoms with Crippen LogP contribution >= 0.6 is 12.4 Å². The Labute approximate surface area is 160 Å². The number of rotatable bonds is 9. The first-order valence-corrected chi connectivity index (χ1v) is 10.1. The quantitative estimate of drug-likeness (QED) is 0.605. The molecule has 26 heavy (non-hydrogen) atoms. The molecular weight excluding hydrogens is 378 g/mol. The zero-order chi connectivity index (χ0) is 18.6. The minimum atomic E-state index is -3.51. The minimum Gasteiger partial charge on any atom is -0.329 e. The van der Waals surface area contributed by atoms with Crippen LogP contribution in [0.4, 0.5) is 0 Å². The van der Waals surface area contributed by atoms with Crippen LogP contribution in [-0.4, -0.2) is 50.0 Å². The highest BCUT2D eigenvalue weighted by Crippen LogP contribution is 2.22. The number of fused-ring (bicyclic) bond motifs is 1. The summed E-state index contributed by atoms with van der Waals surface area (Å²) in [5.41, 5.74) is 6.36. The summed E-state index contributed by atoms with van der Waals surface area (Å²) < 4.78 is 27.0. The van der Waals surface area contributed by atoms with E-state index in [0.29, 0.717) is 23.5 Å². The van der Waals surface area contributed by atoms with Gasteiger partial charge < -0.3 is 5.73 Å². The van der Waals surface area contributed by atoms with E-state index >= 15 is 0 Å². The topological polar surface area (TPSA) is 110 Å². The Hall–Kier alpha value is -1.48. The molecule has 0 aliphatic carbocycles. The van der Waals surface area contributed by atoms with Crippen molar-refractivity contribution in [1.29, 1.82) is 0 Å². The second-order valence-electron chi connectivity index (χ2n) is 6.66. The predicted octanol–water partition coefficient (Wildman–Crippen LogP) is 1.39. The van der Waals surface area contributed by atoms with Crippen LogP contribution in [-0.2, 0) is 10.0 Å². The maximum atomic E-state index is 12.2. The number of hydrogen-bond acceptors (Lipinski definition) is 5. The summed E-state index contributed by atoms with van der Waals surface area (Å²) in [5.74, 6) is -0.569. The smallest absolute Gasteiger partial charge is 0.261 e. The Balaban J connectivity index is 0.00000338. The number of imide groups is 1. The van der Waals surface area contributed by atoms with Crippen molar-refractivity contribution in [3.05, 3.63) is 35.4 Å². The molecule has 0 aromatic heterocycles. The van der Waals surface area contributed by atoms with E-state index in [-0.39, 0.29) is 55.5 Å². The normalized spacial score (nSPS) is 15.2. The third-order valence-electron chi connectivity index (χ3n) is 4.06. The number of nitrogens with two attached hydrogens (primary N) is 1. The highest BCUT2D eigenvalue weighted by molar-refractivity contribution is 7.89. The summed E-state index contributed by atoms with van der Waals surface area (Å²) in [6.45, 7) is 4.30. The molecule has 1 atom stereocenters. The zero-order valence-electron chi connectivity index (χ0n) is 15.0. The molecule has 9 heteroatoms. The number of nitrogens with zero attached hydrogens (tertiary/aromatic N) is 1. The van der Waals surface area contributed by atoms with Crippen molar-refractivity contribution in [2.75, 3.05) is 18.8 Å². The molecule has 1 heterocycles. The third-order valence-corrected chi connectivity index (χ3v) is 5.58. The molecule has 0 bridgehead atoms. The molecule has 0 radical (unpaired) electrons. The van der Waals surface area contributed by atoms with E-state index in [1.165, 1.54) is 0 Å². The Bertz CT molecular complexity index is 717. The highest BCUT2D eigenvalue weighted by atomic mass is 35.5. The Morgan fingerprint density at radius 1 is 1.12 bits per heavy atom. The van der Waals surface area contributed by atoms with Gasteiger partial charge in [0.25, 0.3) is 11.8 Å². The summed E-state index contributed by atoms with van der Waals surface area (Å²) in [5, 5.41) is 0. The summed E-state index contributed by atoms with van der Waals surface area (Å²) in [4.78, 5) is 25.6. The van der Waals surface area contributed by atoms with E-state index in [1.807, 2.05) is 13.8 Å². The molecule has 3 N–H and O–H groups in total. The molecule has 2 amide bonds. The van der Waals surface area contributed by atoms with Gasteiger partial charge in [0.2, 0.25) is 10.0 Å². The van der Waals surface area contributed by atoms with E-state index in [0.717, 1.165) is 4.90 Å². The molecule has 2 rings (SSSR count). The fourth-order valence-corrected chi connectivity index (χ4v) is 4.26. The SMILES string of the molecule is CC(C)CC(CN)NS(=O)(=O)CCCN1C(=O)c2ccccc2C1=O.Cl. The fraction of sp³-hybridized carbons (Fsp3) is 0.529. The van der Waals surface area contributed by atoms with E-state index in [2.05, 4.69) is 4.72 Å². The molecular formula is C17H26ClN3O4S. The highest BCUT2D eigenvalue weighted by Gasteiger charge is 2.34. The number of sulfonamides is 1. The van der Waals surface area contributed by atoms with Crippen LogP contribution in [0, 0.1) is 5.92 Å². The van der Waals surface area contributed by atoms with Gasteiger partial charge in [0, 0.05) is 19.1 Å². The first-order chi connectivity index (χ1) is 11.7. The lowest BCUT2D eigenvalue weighted by atomic mass is 10.1. The molecule has 1 aromatic carbocycles. The van der Waals surface area contributed by atoms with Crippen molar-refractivity contribution in [2.45, 2.75) is 32.7 Å². The number of carbonyl (C=O) groups excluding carboxylic acids is 2. The van der Waals surface area contributed by atoms with Gasteiger partial charge in [-0.3, -0.25) is 14.5 Å². The van der Waals surface area contributed by atoms with Crippen molar-refractivity contribution < 1.29 is 18.0 Å². The molecule has 1 aliphatic heterocycles. The largest absolute Gasteiger partial charge is 0.329 e. The number of carbonyl (C=O) groups is 2. The van der Waals surface area contributed by atoms with Crippen LogP contribution in [0.3, 0.4) is 0 Å². The van der Waals surface area contributed by atoms with Gasteiger partial charge in [0.15, 0.2) is 0 Å².